The highest BCUT2D eigenvalue weighted by Crippen LogP contribution is 2.23. The Hall–Kier alpha value is -2.13. The van der Waals surface area contributed by atoms with Crippen LogP contribution in [0.5, 0.6) is 5.75 Å². The van der Waals surface area contributed by atoms with Crippen LogP contribution in [0.15, 0.2) is 48.5 Å². The van der Waals surface area contributed by atoms with E-state index in [0.29, 0.717) is 11.3 Å². The second-order valence-electron chi connectivity index (χ2n) is 4.25. The van der Waals surface area contributed by atoms with Crippen molar-refractivity contribution in [3.05, 3.63) is 54.1 Å². The Morgan fingerprint density at radius 2 is 1.45 bits per heavy atom. The van der Waals surface area contributed by atoms with Crippen molar-refractivity contribution >= 4 is 23.4 Å². The van der Waals surface area contributed by atoms with Crippen LogP contribution in [0.25, 0.3) is 11.1 Å². The van der Waals surface area contributed by atoms with E-state index in [4.69, 9.17) is 16.3 Å². The molecule has 0 radical (unpaired) electrons. The Kier molecular flexibility index (Phi) is 4.53. The van der Waals surface area contributed by atoms with E-state index >= 15 is 0 Å². The van der Waals surface area contributed by atoms with Crippen LogP contribution in [-0.2, 0) is 4.79 Å². The summed E-state index contributed by atoms with van der Waals surface area (Å²) in [7, 11) is 0. The molecule has 0 saturated heterocycles. The molecule has 0 saturated carbocycles. The molecular weight excluding hydrogens is 276 g/mol. The molecule has 0 bridgehead atoms. The lowest BCUT2D eigenvalue weighted by atomic mass is 10.0. The Balaban J connectivity index is 2.19. The number of carbonyl (C=O) groups excluding carboxylic acids is 2. The number of ketones is 1. The van der Waals surface area contributed by atoms with E-state index in [2.05, 4.69) is 0 Å². The zero-order valence-corrected chi connectivity index (χ0v) is 11.7. The highest BCUT2D eigenvalue weighted by atomic mass is 35.5. The summed E-state index contributed by atoms with van der Waals surface area (Å²) in [6.07, 6.45) is 0. The van der Waals surface area contributed by atoms with Gasteiger partial charge < -0.3 is 4.74 Å². The van der Waals surface area contributed by atoms with Crippen LogP contribution in [-0.4, -0.2) is 17.6 Å². The van der Waals surface area contributed by atoms with Gasteiger partial charge in [-0.25, -0.2) is 0 Å². The molecule has 2 aromatic rings. The molecule has 0 aliphatic carbocycles. The quantitative estimate of drug-likeness (QED) is 0.373. The molecule has 0 aromatic heterocycles. The van der Waals surface area contributed by atoms with E-state index < -0.39 is 0 Å². The molecule has 0 spiro atoms. The molecule has 0 aliphatic heterocycles. The lowest BCUT2D eigenvalue weighted by molar-refractivity contribution is -0.131. The number of rotatable bonds is 4. The van der Waals surface area contributed by atoms with Gasteiger partial charge in [-0.1, -0.05) is 36.4 Å². The maximum absolute atomic E-state index is 11.4. The zero-order valence-electron chi connectivity index (χ0n) is 10.9. The number of alkyl halides is 1. The lowest BCUT2D eigenvalue weighted by Gasteiger charge is -2.05. The first kappa shape index (κ1) is 14.3. The lowest BCUT2D eigenvalue weighted by Crippen LogP contribution is -2.01. The summed E-state index contributed by atoms with van der Waals surface area (Å²) in [5.74, 6) is 0.0523. The van der Waals surface area contributed by atoms with E-state index in [1.807, 2.05) is 24.3 Å². The van der Waals surface area contributed by atoms with E-state index in [0.717, 1.165) is 11.1 Å². The molecular formula is C16H13ClO3. The van der Waals surface area contributed by atoms with Gasteiger partial charge in [0.05, 0.1) is 5.88 Å². The average molecular weight is 289 g/mol. The molecule has 20 heavy (non-hydrogen) atoms. The molecule has 0 N–H and O–H groups in total. The Morgan fingerprint density at radius 3 is 1.90 bits per heavy atom. The van der Waals surface area contributed by atoms with Gasteiger partial charge in [0.1, 0.15) is 5.75 Å². The Morgan fingerprint density at radius 1 is 0.950 bits per heavy atom. The standard InChI is InChI=1S/C16H13ClO3/c1-11(18)20-15-8-6-13(7-9-15)12-2-4-14(5-3-12)16(19)10-17/h2-9H,10H2,1H3. The number of esters is 1. The molecule has 3 nitrogen and oxygen atoms in total. The van der Waals surface area contributed by atoms with E-state index in [1.165, 1.54) is 6.92 Å². The average Bonchev–Trinajstić information content (AvgIpc) is 2.47. The maximum Gasteiger partial charge on any atom is 0.308 e. The molecule has 0 aliphatic rings. The predicted octanol–water partition coefficient (Wildman–Crippen LogP) is 3.70. The topological polar surface area (TPSA) is 43.4 Å². The third-order valence-electron chi connectivity index (χ3n) is 2.78. The van der Waals surface area contributed by atoms with Crippen molar-refractivity contribution in [1.29, 1.82) is 0 Å². The van der Waals surface area contributed by atoms with Crippen molar-refractivity contribution in [3.63, 3.8) is 0 Å². The van der Waals surface area contributed by atoms with Crippen molar-refractivity contribution in [2.24, 2.45) is 0 Å². The van der Waals surface area contributed by atoms with Gasteiger partial charge in [-0.3, -0.25) is 9.59 Å². The molecule has 0 heterocycles. The zero-order chi connectivity index (χ0) is 14.5. The summed E-state index contributed by atoms with van der Waals surface area (Å²) >= 11 is 5.51. The smallest absolute Gasteiger partial charge is 0.308 e. The van der Waals surface area contributed by atoms with Crippen molar-refractivity contribution in [1.82, 2.24) is 0 Å². The van der Waals surface area contributed by atoms with Gasteiger partial charge >= 0.3 is 5.97 Å². The van der Waals surface area contributed by atoms with Crippen LogP contribution in [0.4, 0.5) is 0 Å². The van der Waals surface area contributed by atoms with Gasteiger partial charge in [-0.05, 0) is 23.3 Å². The van der Waals surface area contributed by atoms with Crippen molar-refractivity contribution in [2.45, 2.75) is 6.92 Å². The van der Waals surface area contributed by atoms with Gasteiger partial charge in [0.25, 0.3) is 0 Å². The first-order valence-corrected chi connectivity index (χ1v) is 6.61. The fourth-order valence-corrected chi connectivity index (χ4v) is 1.96. The predicted molar refractivity (Wildman–Crippen MR) is 78.2 cm³/mol. The van der Waals surface area contributed by atoms with Crippen LogP contribution in [0.2, 0.25) is 0 Å². The molecule has 2 rings (SSSR count). The largest absolute Gasteiger partial charge is 0.427 e. The third-order valence-corrected chi connectivity index (χ3v) is 3.02. The first-order chi connectivity index (χ1) is 9.60. The van der Waals surface area contributed by atoms with Crippen molar-refractivity contribution in [2.75, 3.05) is 5.88 Å². The van der Waals surface area contributed by atoms with Gasteiger partial charge in [0, 0.05) is 12.5 Å². The molecule has 0 unspecified atom stereocenters. The molecule has 102 valence electrons. The van der Waals surface area contributed by atoms with Gasteiger partial charge in [0.15, 0.2) is 5.78 Å². The first-order valence-electron chi connectivity index (χ1n) is 6.08. The monoisotopic (exact) mass is 288 g/mol. The number of hydrogen-bond donors (Lipinski definition) is 0. The number of Topliss-reactive ketones (excluding diaryl/α,β-unsaturated/α-hetero) is 1. The van der Waals surface area contributed by atoms with Gasteiger partial charge in [-0.2, -0.15) is 0 Å². The Labute approximate surface area is 122 Å². The number of benzene rings is 2. The fraction of sp³-hybridized carbons (Fsp3) is 0.125. The highest BCUT2D eigenvalue weighted by Gasteiger charge is 2.05. The van der Waals surface area contributed by atoms with E-state index in [9.17, 15) is 9.59 Å². The maximum atomic E-state index is 11.4. The minimum Gasteiger partial charge on any atom is -0.427 e. The van der Waals surface area contributed by atoms with Crippen LogP contribution in [0.1, 0.15) is 17.3 Å². The van der Waals surface area contributed by atoms with Crippen molar-refractivity contribution < 1.29 is 14.3 Å². The third kappa shape index (κ3) is 3.45. The van der Waals surface area contributed by atoms with E-state index in [1.54, 1.807) is 24.3 Å². The Bertz CT molecular complexity index is 615. The number of halogens is 1. The van der Waals surface area contributed by atoms with Crippen LogP contribution >= 0.6 is 11.6 Å². The SMILES string of the molecule is CC(=O)Oc1ccc(-c2ccc(C(=O)CCl)cc2)cc1. The summed E-state index contributed by atoms with van der Waals surface area (Å²) in [5, 5.41) is 0. The second kappa shape index (κ2) is 6.35. The van der Waals surface area contributed by atoms with Gasteiger partial charge in [-0.15, -0.1) is 11.6 Å². The minimum atomic E-state index is -0.346. The summed E-state index contributed by atoms with van der Waals surface area (Å²) in [6, 6.07) is 14.4. The van der Waals surface area contributed by atoms with E-state index in [-0.39, 0.29) is 17.6 Å². The molecule has 0 fully saturated rings. The van der Waals surface area contributed by atoms with Gasteiger partial charge in [0.2, 0.25) is 0 Å². The van der Waals surface area contributed by atoms with Crippen LogP contribution in [0, 0.1) is 0 Å². The molecule has 2 aromatic carbocycles. The second-order valence-corrected chi connectivity index (χ2v) is 4.52. The molecule has 4 heteroatoms. The molecule has 0 amide bonds. The summed E-state index contributed by atoms with van der Waals surface area (Å²) in [5.41, 5.74) is 2.55. The summed E-state index contributed by atoms with van der Waals surface area (Å²) in [6.45, 7) is 1.36. The normalized spacial score (nSPS) is 10.1. The van der Waals surface area contributed by atoms with Crippen molar-refractivity contribution in [3.8, 4) is 16.9 Å². The number of ether oxygens (including phenoxy) is 1. The summed E-state index contributed by atoms with van der Waals surface area (Å²) in [4.78, 5) is 22.3. The fourth-order valence-electron chi connectivity index (χ4n) is 1.81. The van der Waals surface area contributed by atoms with Crippen LogP contribution in [0.3, 0.4) is 0 Å². The minimum absolute atomic E-state index is 0.0174. The van der Waals surface area contributed by atoms with Crippen LogP contribution < -0.4 is 4.74 Å². The highest BCUT2D eigenvalue weighted by molar-refractivity contribution is 6.30. The molecule has 0 atom stereocenters. The number of carbonyl (C=O) groups is 2. The summed E-state index contributed by atoms with van der Waals surface area (Å²) < 4.78 is 4.97. The number of hydrogen-bond acceptors (Lipinski definition) is 3.